The average Bonchev–Trinajstić information content (AvgIpc) is 3.55. The fourth-order valence-corrected chi connectivity index (χ4v) is 4.34. The van der Waals surface area contributed by atoms with Crippen molar-refractivity contribution in [2.24, 2.45) is 0 Å². The van der Waals surface area contributed by atoms with Crippen molar-refractivity contribution < 1.29 is 13.6 Å². The minimum atomic E-state index is -2.73. The Morgan fingerprint density at radius 2 is 1.77 bits per heavy atom. The number of aromatic nitrogens is 4. The first-order valence-corrected chi connectivity index (χ1v) is 11.0. The molecule has 0 saturated carbocycles. The van der Waals surface area contributed by atoms with Crippen LogP contribution in [0.15, 0.2) is 67.8 Å². The molecule has 1 fully saturated rings. The summed E-state index contributed by atoms with van der Waals surface area (Å²) in [6.07, 6.45) is 7.19. The van der Waals surface area contributed by atoms with Crippen LogP contribution >= 0.6 is 0 Å². The lowest BCUT2D eigenvalue weighted by molar-refractivity contribution is -0.126. The van der Waals surface area contributed by atoms with Crippen LogP contribution in [0.1, 0.15) is 12.1 Å². The van der Waals surface area contributed by atoms with Crippen LogP contribution in [-0.4, -0.2) is 56.4 Å². The molecule has 8 nitrogen and oxygen atoms in total. The van der Waals surface area contributed by atoms with Crippen LogP contribution in [0.25, 0.3) is 27.8 Å². The smallest absolute Gasteiger partial charge is 0.333 e. The number of benzene rings is 1. The standard InChI is InChI=1S/C25H21F2N7O/c1-2-23(35)32-9-7-31(8-10-32)21-5-3-17(4-6-21)22-11-18(20-14-30-34(16-20)25(26)27)15-33-24(22)19(12-28)13-29-33/h2-6,11,13-16,25H,1,7-10H2. The first kappa shape index (κ1) is 22.3. The van der Waals surface area contributed by atoms with Crippen molar-refractivity contribution in [1.82, 2.24) is 24.3 Å². The number of nitrogens with zero attached hydrogens (tertiary/aromatic N) is 7. The molecule has 0 unspecified atom stereocenters. The van der Waals surface area contributed by atoms with Crippen molar-refractivity contribution in [3.8, 4) is 28.3 Å². The summed E-state index contributed by atoms with van der Waals surface area (Å²) in [7, 11) is 0. The third kappa shape index (κ3) is 4.12. The minimum Gasteiger partial charge on any atom is -0.368 e. The van der Waals surface area contributed by atoms with Crippen LogP contribution in [0.5, 0.6) is 0 Å². The van der Waals surface area contributed by atoms with Gasteiger partial charge < -0.3 is 9.80 Å². The number of carbonyl (C=O) groups excluding carboxylic acids is 1. The van der Waals surface area contributed by atoms with Crippen LogP contribution in [0, 0.1) is 11.3 Å². The molecule has 0 radical (unpaired) electrons. The van der Waals surface area contributed by atoms with Gasteiger partial charge in [-0.15, -0.1) is 0 Å². The second-order valence-electron chi connectivity index (χ2n) is 8.16. The molecule has 0 N–H and O–H groups in total. The van der Waals surface area contributed by atoms with E-state index in [4.69, 9.17) is 0 Å². The average molecular weight is 473 g/mol. The van der Waals surface area contributed by atoms with Crippen molar-refractivity contribution >= 4 is 17.1 Å². The number of halogens is 2. The largest absolute Gasteiger partial charge is 0.368 e. The van der Waals surface area contributed by atoms with E-state index in [1.165, 1.54) is 24.7 Å². The zero-order chi connectivity index (χ0) is 24.5. The maximum atomic E-state index is 13.0. The summed E-state index contributed by atoms with van der Waals surface area (Å²) in [6, 6.07) is 12.0. The molecule has 0 aliphatic carbocycles. The molecule has 0 bridgehead atoms. The summed E-state index contributed by atoms with van der Waals surface area (Å²) in [5.41, 5.74) is 4.88. The van der Waals surface area contributed by atoms with Gasteiger partial charge in [-0.25, -0.2) is 9.20 Å². The summed E-state index contributed by atoms with van der Waals surface area (Å²) in [6.45, 7) is 3.50. The number of fused-ring (bicyclic) bond motifs is 1. The number of hydrogen-bond acceptors (Lipinski definition) is 5. The topological polar surface area (TPSA) is 82.5 Å². The number of pyridine rings is 1. The molecular formula is C25H21F2N7O. The maximum Gasteiger partial charge on any atom is 0.333 e. The zero-order valence-corrected chi connectivity index (χ0v) is 18.7. The van der Waals surface area contributed by atoms with E-state index in [0.717, 1.165) is 16.8 Å². The molecular weight excluding hydrogens is 452 g/mol. The number of hydrogen-bond donors (Lipinski definition) is 0. The van der Waals surface area contributed by atoms with E-state index in [1.54, 1.807) is 15.6 Å². The van der Waals surface area contributed by atoms with Crippen LogP contribution in [0.4, 0.5) is 14.5 Å². The summed E-state index contributed by atoms with van der Waals surface area (Å²) >= 11 is 0. The highest BCUT2D eigenvalue weighted by molar-refractivity contribution is 5.88. The summed E-state index contributed by atoms with van der Waals surface area (Å²) in [5.74, 6) is -0.0582. The number of amides is 1. The van der Waals surface area contributed by atoms with E-state index in [-0.39, 0.29) is 5.91 Å². The quantitative estimate of drug-likeness (QED) is 0.410. The van der Waals surface area contributed by atoms with E-state index >= 15 is 0 Å². The summed E-state index contributed by atoms with van der Waals surface area (Å²) in [4.78, 5) is 15.8. The second-order valence-corrected chi connectivity index (χ2v) is 8.16. The third-order valence-electron chi connectivity index (χ3n) is 6.18. The molecule has 10 heteroatoms. The van der Waals surface area contributed by atoms with Crippen LogP contribution in [-0.2, 0) is 4.79 Å². The molecule has 35 heavy (non-hydrogen) atoms. The van der Waals surface area contributed by atoms with E-state index in [2.05, 4.69) is 27.7 Å². The van der Waals surface area contributed by atoms with Gasteiger partial charge in [-0.2, -0.15) is 24.2 Å². The molecule has 176 valence electrons. The predicted octanol–water partition coefficient (Wildman–Crippen LogP) is 3.97. The van der Waals surface area contributed by atoms with Crippen molar-refractivity contribution in [2.45, 2.75) is 6.55 Å². The van der Waals surface area contributed by atoms with Gasteiger partial charge in [-0.05, 0) is 29.8 Å². The van der Waals surface area contributed by atoms with Crippen LogP contribution in [0.3, 0.4) is 0 Å². The molecule has 3 aromatic heterocycles. The lowest BCUT2D eigenvalue weighted by Gasteiger charge is -2.35. The van der Waals surface area contributed by atoms with Gasteiger partial charge in [-0.3, -0.25) is 4.79 Å². The van der Waals surface area contributed by atoms with Crippen LogP contribution in [0.2, 0.25) is 0 Å². The van der Waals surface area contributed by atoms with E-state index in [0.29, 0.717) is 53.1 Å². The van der Waals surface area contributed by atoms with Gasteiger partial charge in [0.25, 0.3) is 0 Å². The molecule has 0 atom stereocenters. The Labute approximate surface area is 199 Å². The number of piperazine rings is 1. The van der Waals surface area contributed by atoms with Crippen molar-refractivity contribution in [3.05, 3.63) is 73.3 Å². The molecule has 1 aliphatic rings. The Morgan fingerprint density at radius 3 is 2.40 bits per heavy atom. The Bertz CT molecular complexity index is 1440. The van der Waals surface area contributed by atoms with Gasteiger partial charge in [0.05, 0.1) is 23.5 Å². The van der Waals surface area contributed by atoms with Gasteiger partial charge in [0.2, 0.25) is 5.91 Å². The molecule has 0 spiro atoms. The fraction of sp³-hybridized carbons (Fsp3) is 0.200. The molecule has 1 aliphatic heterocycles. The van der Waals surface area contributed by atoms with Gasteiger partial charge in [-0.1, -0.05) is 18.7 Å². The summed E-state index contributed by atoms with van der Waals surface area (Å²) < 4.78 is 28.3. The van der Waals surface area contributed by atoms with Crippen LogP contribution < -0.4 is 4.90 Å². The highest BCUT2D eigenvalue weighted by atomic mass is 19.3. The highest BCUT2D eigenvalue weighted by Crippen LogP contribution is 2.33. The van der Waals surface area contributed by atoms with Crippen molar-refractivity contribution in [3.63, 3.8) is 0 Å². The molecule has 4 aromatic rings. The number of carbonyl (C=O) groups is 1. The van der Waals surface area contributed by atoms with E-state index in [1.807, 2.05) is 30.3 Å². The Morgan fingerprint density at radius 1 is 1.03 bits per heavy atom. The monoisotopic (exact) mass is 473 g/mol. The Kier molecular flexibility index (Phi) is 5.74. The Balaban J connectivity index is 1.49. The first-order chi connectivity index (χ1) is 17.0. The fourth-order valence-electron chi connectivity index (χ4n) is 4.34. The zero-order valence-electron chi connectivity index (χ0n) is 18.7. The number of nitriles is 1. The molecule has 5 rings (SSSR count). The predicted molar refractivity (Wildman–Crippen MR) is 127 cm³/mol. The normalized spacial score (nSPS) is 13.9. The third-order valence-corrected chi connectivity index (χ3v) is 6.18. The number of anilines is 1. The van der Waals surface area contributed by atoms with Gasteiger partial charge in [0.1, 0.15) is 6.07 Å². The number of alkyl halides is 2. The van der Waals surface area contributed by atoms with Gasteiger partial charge >= 0.3 is 6.55 Å². The summed E-state index contributed by atoms with van der Waals surface area (Å²) in [5, 5.41) is 17.6. The molecule has 1 aromatic carbocycles. The molecule has 1 saturated heterocycles. The number of rotatable bonds is 5. The lowest BCUT2D eigenvalue weighted by atomic mass is 9.99. The van der Waals surface area contributed by atoms with E-state index < -0.39 is 6.55 Å². The minimum absolute atomic E-state index is 0.0582. The second kappa shape index (κ2) is 9.02. The molecule has 1 amide bonds. The SMILES string of the molecule is C=CC(=O)N1CCN(c2ccc(-c3cc(-c4cnn(C(F)F)c4)cn4ncc(C#N)c34)cc2)CC1. The Hall–Kier alpha value is -4.52. The van der Waals surface area contributed by atoms with Crippen molar-refractivity contribution in [2.75, 3.05) is 31.1 Å². The maximum absolute atomic E-state index is 13.0. The lowest BCUT2D eigenvalue weighted by Crippen LogP contribution is -2.48. The molecule has 4 heterocycles. The van der Waals surface area contributed by atoms with Crippen molar-refractivity contribution in [1.29, 1.82) is 5.26 Å². The first-order valence-electron chi connectivity index (χ1n) is 11.0. The highest BCUT2D eigenvalue weighted by Gasteiger charge is 2.20. The van der Waals surface area contributed by atoms with Gasteiger partial charge in [0.15, 0.2) is 0 Å². The van der Waals surface area contributed by atoms with E-state index in [9.17, 15) is 18.8 Å². The van der Waals surface area contributed by atoms with Gasteiger partial charge in [0, 0.05) is 61.0 Å².